The average Bonchev–Trinajstić information content (AvgIpc) is 3.49. The average molecular weight is 413 g/mol. The quantitative estimate of drug-likeness (QED) is 0.472. The molecule has 1 fully saturated rings. The summed E-state index contributed by atoms with van der Waals surface area (Å²) in [6.45, 7) is 4.36. The van der Waals surface area contributed by atoms with Crippen molar-refractivity contribution >= 4 is 23.2 Å². The number of hydrogen-bond acceptors (Lipinski definition) is 6. The fraction of sp³-hybridized carbons (Fsp3) is 0.455. The van der Waals surface area contributed by atoms with E-state index in [1.165, 1.54) is 18.7 Å². The van der Waals surface area contributed by atoms with Gasteiger partial charge in [-0.2, -0.15) is 0 Å². The first kappa shape index (κ1) is 19.9. The van der Waals surface area contributed by atoms with Crippen LogP contribution in [0.4, 0.5) is 5.82 Å². The number of hydrogen-bond donors (Lipinski definition) is 0. The van der Waals surface area contributed by atoms with Crippen molar-refractivity contribution in [3.8, 4) is 22.8 Å². The molecular weight excluding hydrogens is 384 g/mol. The van der Waals surface area contributed by atoms with Gasteiger partial charge in [-0.15, -0.1) is 11.8 Å². The van der Waals surface area contributed by atoms with E-state index in [2.05, 4.69) is 27.5 Å². The van der Waals surface area contributed by atoms with E-state index >= 15 is 0 Å². The Balaban J connectivity index is 1.87. The van der Waals surface area contributed by atoms with Gasteiger partial charge in [0, 0.05) is 37.1 Å². The Hall–Kier alpha value is -2.41. The lowest BCUT2D eigenvalue weighted by Crippen LogP contribution is -2.28. The SMILES string of the molecule is CCCN(CC1CC1)c1c(SC)nc2c(-c3ccc(OC)cc3OC)nccn12. The Morgan fingerprint density at radius 3 is 2.72 bits per heavy atom. The van der Waals surface area contributed by atoms with Crippen molar-refractivity contribution < 1.29 is 9.47 Å². The van der Waals surface area contributed by atoms with Gasteiger partial charge in [0.1, 0.15) is 28.0 Å². The van der Waals surface area contributed by atoms with E-state index in [1.807, 2.05) is 30.6 Å². The maximum Gasteiger partial charge on any atom is 0.166 e. The van der Waals surface area contributed by atoms with Crippen molar-refractivity contribution in [2.24, 2.45) is 5.92 Å². The van der Waals surface area contributed by atoms with Crippen LogP contribution in [-0.2, 0) is 0 Å². The minimum absolute atomic E-state index is 0.726. The van der Waals surface area contributed by atoms with E-state index in [0.29, 0.717) is 0 Å². The monoisotopic (exact) mass is 412 g/mol. The molecule has 0 unspecified atom stereocenters. The summed E-state index contributed by atoms with van der Waals surface area (Å²) in [6.07, 6.45) is 9.74. The van der Waals surface area contributed by atoms with Crippen LogP contribution in [-0.4, -0.2) is 47.9 Å². The Kier molecular flexibility index (Phi) is 5.85. The van der Waals surface area contributed by atoms with Gasteiger partial charge in [0.25, 0.3) is 0 Å². The Labute approximate surface area is 176 Å². The number of benzene rings is 1. The lowest BCUT2D eigenvalue weighted by Gasteiger charge is -2.24. The van der Waals surface area contributed by atoms with Crippen LogP contribution in [0.2, 0.25) is 0 Å². The fourth-order valence-electron chi connectivity index (χ4n) is 3.72. The number of methoxy groups -OCH3 is 2. The number of aromatic nitrogens is 3. The molecule has 0 aliphatic heterocycles. The first-order chi connectivity index (χ1) is 14.2. The van der Waals surface area contributed by atoms with Crippen molar-refractivity contribution in [3.63, 3.8) is 0 Å². The molecule has 0 radical (unpaired) electrons. The second-order valence-electron chi connectivity index (χ2n) is 7.37. The molecule has 6 nitrogen and oxygen atoms in total. The number of fused-ring (bicyclic) bond motifs is 1. The predicted octanol–water partition coefficient (Wildman–Crippen LogP) is 4.76. The molecule has 1 aliphatic rings. The maximum atomic E-state index is 5.63. The van der Waals surface area contributed by atoms with Gasteiger partial charge in [0.15, 0.2) is 5.65 Å². The molecular formula is C22H28N4O2S. The number of nitrogens with zero attached hydrogens (tertiary/aromatic N) is 4. The van der Waals surface area contributed by atoms with Crippen molar-refractivity contribution in [3.05, 3.63) is 30.6 Å². The summed E-state index contributed by atoms with van der Waals surface area (Å²) in [6, 6.07) is 5.80. The van der Waals surface area contributed by atoms with Crippen LogP contribution in [0.25, 0.3) is 16.9 Å². The first-order valence-electron chi connectivity index (χ1n) is 10.1. The van der Waals surface area contributed by atoms with Crippen LogP contribution in [0.5, 0.6) is 11.5 Å². The van der Waals surface area contributed by atoms with Crippen LogP contribution >= 0.6 is 11.8 Å². The minimum atomic E-state index is 0.726. The molecule has 0 atom stereocenters. The van der Waals surface area contributed by atoms with Gasteiger partial charge in [0.2, 0.25) is 0 Å². The van der Waals surface area contributed by atoms with E-state index in [9.17, 15) is 0 Å². The first-order valence-corrected chi connectivity index (χ1v) is 11.3. The van der Waals surface area contributed by atoms with Gasteiger partial charge >= 0.3 is 0 Å². The zero-order chi connectivity index (χ0) is 20.4. The van der Waals surface area contributed by atoms with Crippen molar-refractivity contribution in [2.75, 3.05) is 38.5 Å². The Morgan fingerprint density at radius 2 is 2.07 bits per heavy atom. The van der Waals surface area contributed by atoms with E-state index in [4.69, 9.17) is 14.5 Å². The molecule has 7 heteroatoms. The second kappa shape index (κ2) is 8.53. The van der Waals surface area contributed by atoms with Crippen molar-refractivity contribution in [2.45, 2.75) is 31.2 Å². The van der Waals surface area contributed by atoms with Gasteiger partial charge in [0.05, 0.1) is 14.2 Å². The summed E-state index contributed by atoms with van der Waals surface area (Å²) in [5.41, 5.74) is 2.58. The van der Waals surface area contributed by atoms with Crippen LogP contribution in [0.15, 0.2) is 35.6 Å². The Morgan fingerprint density at radius 1 is 1.24 bits per heavy atom. The summed E-state index contributed by atoms with van der Waals surface area (Å²) < 4.78 is 13.2. The van der Waals surface area contributed by atoms with E-state index in [0.717, 1.165) is 58.9 Å². The standard InChI is InChI=1S/C22H28N4O2S/c1-5-11-25(14-15-6-7-15)22-21(29-4)24-20-19(23-10-12-26(20)22)17-9-8-16(27-2)13-18(17)28-3/h8-10,12-13,15H,5-7,11,14H2,1-4H3. The van der Waals surface area contributed by atoms with Crippen molar-refractivity contribution in [1.29, 1.82) is 0 Å². The Bertz CT molecular complexity index is 1000. The molecule has 0 spiro atoms. The molecule has 0 amide bonds. The normalized spacial score (nSPS) is 13.7. The topological polar surface area (TPSA) is 51.9 Å². The van der Waals surface area contributed by atoms with Crippen LogP contribution in [0, 0.1) is 5.92 Å². The largest absolute Gasteiger partial charge is 0.497 e. The number of ether oxygens (including phenoxy) is 2. The molecule has 2 heterocycles. The molecule has 1 saturated carbocycles. The molecule has 0 bridgehead atoms. The molecule has 0 saturated heterocycles. The lowest BCUT2D eigenvalue weighted by molar-refractivity contribution is 0.395. The van der Waals surface area contributed by atoms with Gasteiger partial charge in [-0.3, -0.25) is 9.38 Å². The van der Waals surface area contributed by atoms with Gasteiger partial charge in [-0.05, 0) is 43.6 Å². The summed E-state index contributed by atoms with van der Waals surface area (Å²) >= 11 is 1.69. The van der Waals surface area contributed by atoms with Crippen molar-refractivity contribution in [1.82, 2.24) is 14.4 Å². The third kappa shape index (κ3) is 3.88. The number of imidazole rings is 1. The third-order valence-corrected chi connectivity index (χ3v) is 5.97. The minimum Gasteiger partial charge on any atom is -0.497 e. The van der Waals surface area contributed by atoms with Crippen LogP contribution < -0.4 is 14.4 Å². The van der Waals surface area contributed by atoms with E-state index in [-0.39, 0.29) is 0 Å². The zero-order valence-electron chi connectivity index (χ0n) is 17.5. The second-order valence-corrected chi connectivity index (χ2v) is 8.16. The summed E-state index contributed by atoms with van der Waals surface area (Å²) in [5.74, 6) is 3.47. The van der Waals surface area contributed by atoms with Gasteiger partial charge in [-0.25, -0.2) is 4.98 Å². The van der Waals surface area contributed by atoms with Gasteiger partial charge < -0.3 is 14.4 Å². The molecule has 1 aliphatic carbocycles. The summed E-state index contributed by atoms with van der Waals surface area (Å²) in [7, 11) is 3.32. The molecule has 4 rings (SSSR count). The number of rotatable bonds is 9. The molecule has 154 valence electrons. The van der Waals surface area contributed by atoms with Crippen LogP contribution in [0.3, 0.4) is 0 Å². The molecule has 2 aromatic heterocycles. The highest BCUT2D eigenvalue weighted by Gasteiger charge is 2.28. The number of anilines is 1. The smallest absolute Gasteiger partial charge is 0.166 e. The zero-order valence-corrected chi connectivity index (χ0v) is 18.3. The number of thioether (sulfide) groups is 1. The molecule has 29 heavy (non-hydrogen) atoms. The third-order valence-electron chi connectivity index (χ3n) is 5.31. The molecule has 3 aromatic rings. The van der Waals surface area contributed by atoms with E-state index in [1.54, 1.807) is 26.0 Å². The summed E-state index contributed by atoms with van der Waals surface area (Å²) in [5, 5.41) is 1.04. The highest BCUT2D eigenvalue weighted by Crippen LogP contribution is 2.39. The lowest BCUT2D eigenvalue weighted by atomic mass is 10.1. The van der Waals surface area contributed by atoms with Crippen LogP contribution in [0.1, 0.15) is 26.2 Å². The molecule has 0 N–H and O–H groups in total. The molecule has 1 aromatic carbocycles. The maximum absolute atomic E-state index is 5.63. The highest BCUT2D eigenvalue weighted by molar-refractivity contribution is 7.98. The summed E-state index contributed by atoms with van der Waals surface area (Å²) in [4.78, 5) is 12.2. The highest BCUT2D eigenvalue weighted by atomic mass is 32.2. The van der Waals surface area contributed by atoms with E-state index < -0.39 is 0 Å². The van der Waals surface area contributed by atoms with Gasteiger partial charge in [-0.1, -0.05) is 6.92 Å². The predicted molar refractivity (Wildman–Crippen MR) is 119 cm³/mol. The fourth-order valence-corrected chi connectivity index (χ4v) is 4.31.